The number of ether oxygens (including phenoxy) is 5. The largest absolute Gasteiger partial charge is 0.497 e. The highest BCUT2D eigenvalue weighted by atomic mass is 35.5. The minimum absolute atomic E-state index is 0. The highest BCUT2D eigenvalue weighted by molar-refractivity contribution is 7.22. The molecule has 0 radical (unpaired) electrons. The number of nitrogens with zero attached hydrogens (tertiary/aromatic N) is 3. The Morgan fingerprint density at radius 3 is 2.31 bits per heavy atom. The van der Waals surface area contributed by atoms with Gasteiger partial charge in [-0.05, 0) is 24.3 Å². The van der Waals surface area contributed by atoms with Gasteiger partial charge in [-0.25, -0.2) is 4.98 Å². The Morgan fingerprint density at radius 2 is 1.71 bits per heavy atom. The van der Waals surface area contributed by atoms with Crippen molar-refractivity contribution in [2.24, 2.45) is 0 Å². The van der Waals surface area contributed by atoms with Crippen molar-refractivity contribution in [1.29, 1.82) is 0 Å². The molecule has 35 heavy (non-hydrogen) atoms. The lowest BCUT2D eigenvalue weighted by molar-refractivity contribution is 0.0391. The van der Waals surface area contributed by atoms with Crippen LogP contribution in [0.3, 0.4) is 0 Å². The summed E-state index contributed by atoms with van der Waals surface area (Å²) in [4.78, 5) is 22.6. The molecule has 3 aromatic rings. The van der Waals surface area contributed by atoms with Gasteiger partial charge in [0.15, 0.2) is 16.6 Å². The van der Waals surface area contributed by atoms with E-state index in [0.29, 0.717) is 54.2 Å². The van der Waals surface area contributed by atoms with Gasteiger partial charge in [0, 0.05) is 37.8 Å². The zero-order valence-corrected chi connectivity index (χ0v) is 21.9. The first kappa shape index (κ1) is 26.8. The summed E-state index contributed by atoms with van der Waals surface area (Å²) in [5.74, 6) is 1.81. The zero-order valence-electron chi connectivity index (χ0n) is 20.2. The van der Waals surface area contributed by atoms with E-state index in [2.05, 4.69) is 4.90 Å². The van der Waals surface area contributed by atoms with E-state index >= 15 is 0 Å². The van der Waals surface area contributed by atoms with E-state index in [0.717, 1.165) is 29.1 Å². The average molecular weight is 524 g/mol. The van der Waals surface area contributed by atoms with E-state index in [1.807, 2.05) is 18.2 Å². The third-order valence-corrected chi connectivity index (χ3v) is 6.77. The van der Waals surface area contributed by atoms with Crippen LogP contribution < -0.4 is 23.8 Å². The topological polar surface area (TPSA) is 82.6 Å². The van der Waals surface area contributed by atoms with Crippen molar-refractivity contribution in [1.82, 2.24) is 9.88 Å². The van der Waals surface area contributed by atoms with Gasteiger partial charge in [-0.2, -0.15) is 0 Å². The smallest absolute Gasteiger partial charge is 0.260 e. The summed E-state index contributed by atoms with van der Waals surface area (Å²) in [6.45, 7) is 4.25. The van der Waals surface area contributed by atoms with Crippen LogP contribution in [0.25, 0.3) is 10.2 Å². The van der Waals surface area contributed by atoms with Gasteiger partial charge in [0.1, 0.15) is 5.75 Å². The maximum absolute atomic E-state index is 13.8. The van der Waals surface area contributed by atoms with Crippen LogP contribution in [-0.4, -0.2) is 83.6 Å². The quantitative estimate of drug-likeness (QED) is 0.419. The molecule has 1 saturated heterocycles. The first-order chi connectivity index (χ1) is 16.6. The summed E-state index contributed by atoms with van der Waals surface area (Å²) in [6.07, 6.45) is 0. The lowest BCUT2D eigenvalue weighted by atomic mass is 10.1. The van der Waals surface area contributed by atoms with Gasteiger partial charge >= 0.3 is 0 Å². The Morgan fingerprint density at radius 1 is 1.03 bits per heavy atom. The summed E-state index contributed by atoms with van der Waals surface area (Å²) in [7, 11) is 6.22. The number of anilines is 1. The van der Waals surface area contributed by atoms with E-state index in [1.54, 1.807) is 24.1 Å². The van der Waals surface area contributed by atoms with Gasteiger partial charge in [0.05, 0.1) is 51.9 Å². The van der Waals surface area contributed by atoms with Crippen LogP contribution in [0.15, 0.2) is 30.3 Å². The fourth-order valence-electron chi connectivity index (χ4n) is 3.85. The minimum Gasteiger partial charge on any atom is -0.497 e. The van der Waals surface area contributed by atoms with Crippen LogP contribution in [0.4, 0.5) is 5.13 Å². The van der Waals surface area contributed by atoms with Crippen LogP contribution in [-0.2, 0) is 4.74 Å². The number of benzene rings is 2. The fraction of sp³-hybridized carbons (Fsp3) is 0.417. The van der Waals surface area contributed by atoms with E-state index in [-0.39, 0.29) is 18.3 Å². The molecule has 2 heterocycles. The number of fused-ring (bicyclic) bond motifs is 1. The molecule has 0 atom stereocenters. The van der Waals surface area contributed by atoms with Gasteiger partial charge < -0.3 is 23.7 Å². The molecule has 4 rings (SSSR count). The van der Waals surface area contributed by atoms with Gasteiger partial charge in [-0.3, -0.25) is 14.6 Å². The number of halogens is 1. The molecule has 9 nitrogen and oxygen atoms in total. The normalized spacial score (nSPS) is 13.7. The Hall–Kier alpha value is -2.79. The predicted octanol–water partition coefficient (Wildman–Crippen LogP) is 3.73. The summed E-state index contributed by atoms with van der Waals surface area (Å²) >= 11 is 1.47. The van der Waals surface area contributed by atoms with Crippen molar-refractivity contribution in [2.75, 3.05) is 72.7 Å². The Labute approximate surface area is 214 Å². The Kier molecular flexibility index (Phi) is 9.39. The molecule has 0 spiro atoms. The number of carbonyl (C=O) groups is 1. The second kappa shape index (κ2) is 12.3. The van der Waals surface area contributed by atoms with Crippen molar-refractivity contribution in [3.8, 4) is 23.0 Å². The molecule has 190 valence electrons. The van der Waals surface area contributed by atoms with Gasteiger partial charge in [0.25, 0.3) is 5.91 Å². The monoisotopic (exact) mass is 523 g/mol. The molecule has 1 amide bonds. The fourth-order valence-corrected chi connectivity index (χ4v) is 4.82. The van der Waals surface area contributed by atoms with E-state index < -0.39 is 0 Å². The van der Waals surface area contributed by atoms with E-state index in [4.69, 9.17) is 28.7 Å². The number of amides is 1. The number of hydrogen-bond donors (Lipinski definition) is 0. The summed E-state index contributed by atoms with van der Waals surface area (Å²) in [5, 5.41) is 0.621. The minimum atomic E-state index is -0.196. The SMILES string of the molecule is COc1ccc2sc(N(CCN3CCOCC3)C(=O)c3cc(OC)c(OC)c(OC)c3)nc2c1.Cl. The van der Waals surface area contributed by atoms with Crippen molar-refractivity contribution in [2.45, 2.75) is 0 Å². The summed E-state index contributed by atoms with van der Waals surface area (Å²) < 4.78 is 28.1. The first-order valence-electron chi connectivity index (χ1n) is 10.9. The number of aromatic nitrogens is 1. The predicted molar refractivity (Wildman–Crippen MR) is 138 cm³/mol. The van der Waals surface area contributed by atoms with E-state index in [9.17, 15) is 4.79 Å². The van der Waals surface area contributed by atoms with Crippen molar-refractivity contribution in [3.05, 3.63) is 35.9 Å². The molecule has 0 aliphatic carbocycles. The molecule has 0 saturated carbocycles. The lowest BCUT2D eigenvalue weighted by Gasteiger charge is -2.29. The number of methoxy groups -OCH3 is 4. The molecule has 1 aliphatic heterocycles. The lowest BCUT2D eigenvalue weighted by Crippen LogP contribution is -2.43. The summed E-state index contributed by atoms with van der Waals surface area (Å²) in [5.41, 5.74) is 1.21. The Balaban J connectivity index is 0.00000342. The zero-order chi connectivity index (χ0) is 24.1. The summed E-state index contributed by atoms with van der Waals surface area (Å²) in [6, 6.07) is 9.06. The number of thiazole rings is 1. The third-order valence-electron chi connectivity index (χ3n) is 5.71. The molecule has 1 fully saturated rings. The number of hydrogen-bond acceptors (Lipinski definition) is 9. The van der Waals surface area contributed by atoms with Crippen LogP contribution in [0, 0.1) is 0 Å². The Bertz CT molecular complexity index is 1130. The van der Waals surface area contributed by atoms with Gasteiger partial charge in [-0.1, -0.05) is 11.3 Å². The molecule has 0 N–H and O–H groups in total. The highest BCUT2D eigenvalue weighted by Gasteiger charge is 2.25. The van der Waals surface area contributed by atoms with Gasteiger partial charge in [-0.15, -0.1) is 12.4 Å². The average Bonchev–Trinajstić information content (AvgIpc) is 3.31. The molecule has 0 unspecified atom stereocenters. The number of rotatable bonds is 9. The number of carbonyl (C=O) groups excluding carboxylic acids is 1. The third kappa shape index (κ3) is 5.90. The molecular formula is C24H30ClN3O6S. The molecule has 1 aromatic heterocycles. The standard InChI is InChI=1S/C24H29N3O6S.ClH/c1-29-17-5-6-21-18(15-17)25-24(34-21)27(8-7-26-9-11-33-12-10-26)23(28)16-13-19(30-2)22(32-4)20(14-16)31-3;/h5-6,13-15H,7-12H2,1-4H3;1H. The molecule has 2 aromatic carbocycles. The van der Waals surface area contributed by atoms with Crippen LogP contribution in [0.2, 0.25) is 0 Å². The van der Waals surface area contributed by atoms with Crippen molar-refractivity contribution < 1.29 is 28.5 Å². The molecule has 1 aliphatic rings. The van der Waals surface area contributed by atoms with Crippen LogP contribution in [0.1, 0.15) is 10.4 Å². The molecule has 11 heteroatoms. The van der Waals surface area contributed by atoms with Gasteiger partial charge in [0.2, 0.25) is 5.75 Å². The first-order valence-corrected chi connectivity index (χ1v) is 11.8. The molecular weight excluding hydrogens is 494 g/mol. The second-order valence-electron chi connectivity index (χ2n) is 7.65. The maximum atomic E-state index is 13.8. The number of morpholine rings is 1. The van der Waals surface area contributed by atoms with Crippen LogP contribution in [0.5, 0.6) is 23.0 Å². The van der Waals surface area contributed by atoms with Crippen molar-refractivity contribution >= 4 is 45.0 Å². The van der Waals surface area contributed by atoms with Crippen molar-refractivity contribution in [3.63, 3.8) is 0 Å². The van der Waals surface area contributed by atoms with E-state index in [1.165, 1.54) is 32.7 Å². The molecule has 0 bridgehead atoms. The second-order valence-corrected chi connectivity index (χ2v) is 8.66. The van der Waals surface area contributed by atoms with Crippen LogP contribution >= 0.6 is 23.7 Å². The maximum Gasteiger partial charge on any atom is 0.260 e. The highest BCUT2D eigenvalue weighted by Crippen LogP contribution is 2.39.